The van der Waals surface area contributed by atoms with Gasteiger partial charge in [-0.25, -0.2) is 4.98 Å². The summed E-state index contributed by atoms with van der Waals surface area (Å²) < 4.78 is 0.541. The molecule has 0 atom stereocenters. The number of piperidine rings is 1. The van der Waals surface area contributed by atoms with Gasteiger partial charge in [0.25, 0.3) is 5.56 Å². The van der Waals surface area contributed by atoms with Crippen LogP contribution in [0.25, 0.3) is 0 Å². The lowest BCUT2D eigenvalue weighted by atomic mass is 10.0. The zero-order chi connectivity index (χ0) is 13.2. The highest BCUT2D eigenvalue weighted by Gasteiger charge is 2.25. The third-order valence-corrected chi connectivity index (χ3v) is 4.68. The Labute approximate surface area is 120 Å². The number of nitrogens with one attached hydrogen (secondary N) is 2. The molecule has 1 aromatic heterocycles. The molecule has 6 heteroatoms. The van der Waals surface area contributed by atoms with Gasteiger partial charge in [0.1, 0.15) is 10.3 Å². The third kappa shape index (κ3) is 3.17. The molecular formula is C13H19BrN4O. The quantitative estimate of drug-likeness (QED) is 0.880. The van der Waals surface area contributed by atoms with Gasteiger partial charge < -0.3 is 15.2 Å². The number of halogens is 1. The number of aromatic nitrogens is 2. The van der Waals surface area contributed by atoms with E-state index >= 15 is 0 Å². The fraction of sp³-hybridized carbons (Fsp3) is 0.692. The molecule has 0 unspecified atom stereocenters. The number of nitrogens with zero attached hydrogens (tertiary/aromatic N) is 2. The summed E-state index contributed by atoms with van der Waals surface area (Å²) >= 11 is 3.33. The summed E-state index contributed by atoms with van der Waals surface area (Å²) in [5.41, 5.74) is -0.112. The Morgan fingerprint density at radius 2 is 2.11 bits per heavy atom. The van der Waals surface area contributed by atoms with Gasteiger partial charge in [-0.05, 0) is 54.1 Å². The largest absolute Gasteiger partial charge is 0.355 e. The number of H-pyrrole nitrogens is 1. The minimum Gasteiger partial charge on any atom is -0.355 e. The van der Waals surface area contributed by atoms with Gasteiger partial charge in [0.05, 0.1) is 6.33 Å². The summed E-state index contributed by atoms with van der Waals surface area (Å²) in [5.74, 6) is 1.70. The highest BCUT2D eigenvalue weighted by molar-refractivity contribution is 9.10. The van der Waals surface area contributed by atoms with E-state index in [1.54, 1.807) is 0 Å². The van der Waals surface area contributed by atoms with Crippen molar-refractivity contribution in [2.24, 2.45) is 5.92 Å². The van der Waals surface area contributed by atoms with Gasteiger partial charge in [0.2, 0.25) is 0 Å². The number of anilines is 1. The molecule has 2 N–H and O–H groups in total. The van der Waals surface area contributed by atoms with Gasteiger partial charge in [-0.15, -0.1) is 0 Å². The van der Waals surface area contributed by atoms with Crippen molar-refractivity contribution in [3.63, 3.8) is 0 Å². The highest BCUT2D eigenvalue weighted by Crippen LogP contribution is 2.28. The molecule has 2 heterocycles. The third-order valence-electron chi connectivity index (χ3n) is 3.96. The molecule has 0 aromatic carbocycles. The molecule has 3 rings (SSSR count). The van der Waals surface area contributed by atoms with E-state index in [-0.39, 0.29) is 5.56 Å². The Kier molecular flexibility index (Phi) is 3.88. The molecule has 0 amide bonds. The van der Waals surface area contributed by atoms with Crippen molar-refractivity contribution >= 4 is 21.7 Å². The average Bonchev–Trinajstić information content (AvgIpc) is 3.25. The van der Waals surface area contributed by atoms with E-state index in [1.807, 2.05) is 0 Å². The summed E-state index contributed by atoms with van der Waals surface area (Å²) in [6.07, 6.45) is 6.51. The summed E-state index contributed by atoms with van der Waals surface area (Å²) in [6, 6.07) is 0.623. The van der Waals surface area contributed by atoms with Crippen LogP contribution in [0.5, 0.6) is 0 Å². The van der Waals surface area contributed by atoms with Gasteiger partial charge in [0.15, 0.2) is 0 Å². The fourth-order valence-electron chi connectivity index (χ4n) is 2.54. The molecule has 2 fully saturated rings. The first-order chi connectivity index (χ1) is 9.24. The fourth-order valence-corrected chi connectivity index (χ4v) is 3.01. The standard InChI is InChI=1S/C13H19BrN4O/c14-11-12(16-8-17-13(11)19)18-5-3-10(4-6-18)15-7-9-1-2-9/h8-10,15H,1-7H2,(H,16,17,19). The normalized spacial score (nSPS) is 20.8. The van der Waals surface area contributed by atoms with Crippen molar-refractivity contribution in [1.29, 1.82) is 0 Å². The van der Waals surface area contributed by atoms with E-state index < -0.39 is 0 Å². The molecule has 19 heavy (non-hydrogen) atoms. The Hall–Kier alpha value is -0.880. The van der Waals surface area contributed by atoms with Crippen LogP contribution in [-0.2, 0) is 0 Å². The van der Waals surface area contributed by atoms with Crippen molar-refractivity contribution in [3.8, 4) is 0 Å². The van der Waals surface area contributed by atoms with Crippen molar-refractivity contribution in [2.45, 2.75) is 31.7 Å². The maximum atomic E-state index is 11.5. The van der Waals surface area contributed by atoms with Crippen LogP contribution in [-0.4, -0.2) is 35.6 Å². The zero-order valence-corrected chi connectivity index (χ0v) is 12.4. The monoisotopic (exact) mass is 326 g/mol. The minimum atomic E-state index is -0.112. The van der Waals surface area contributed by atoms with Crippen molar-refractivity contribution in [3.05, 3.63) is 21.2 Å². The Bertz CT molecular complexity index is 492. The predicted molar refractivity (Wildman–Crippen MR) is 78.5 cm³/mol. The summed E-state index contributed by atoms with van der Waals surface area (Å²) in [5, 5.41) is 3.65. The van der Waals surface area contributed by atoms with Gasteiger partial charge in [0, 0.05) is 19.1 Å². The molecular weight excluding hydrogens is 308 g/mol. The minimum absolute atomic E-state index is 0.112. The van der Waals surface area contributed by atoms with Gasteiger partial charge >= 0.3 is 0 Å². The van der Waals surface area contributed by atoms with Crippen molar-refractivity contribution in [2.75, 3.05) is 24.5 Å². The molecule has 1 saturated heterocycles. The number of hydrogen-bond acceptors (Lipinski definition) is 4. The van der Waals surface area contributed by atoms with E-state index in [1.165, 1.54) is 25.7 Å². The number of rotatable bonds is 4. The lowest BCUT2D eigenvalue weighted by molar-refractivity contribution is 0.407. The van der Waals surface area contributed by atoms with Gasteiger partial charge in [-0.1, -0.05) is 0 Å². The molecule has 1 saturated carbocycles. The molecule has 104 valence electrons. The molecule has 1 aliphatic carbocycles. The molecule has 0 radical (unpaired) electrons. The Morgan fingerprint density at radius 3 is 2.79 bits per heavy atom. The van der Waals surface area contributed by atoms with Gasteiger partial charge in [-0.3, -0.25) is 4.79 Å². The second-order valence-corrected chi connectivity index (χ2v) is 6.28. The Morgan fingerprint density at radius 1 is 1.37 bits per heavy atom. The first-order valence-corrected chi connectivity index (χ1v) is 7.75. The SMILES string of the molecule is O=c1[nH]cnc(N2CCC(NCC3CC3)CC2)c1Br. The maximum absolute atomic E-state index is 11.5. The second-order valence-electron chi connectivity index (χ2n) is 5.48. The first kappa shape index (κ1) is 13.1. The van der Waals surface area contributed by atoms with E-state index in [0.717, 1.165) is 37.7 Å². The van der Waals surface area contributed by atoms with E-state index in [0.29, 0.717) is 10.5 Å². The topological polar surface area (TPSA) is 61.0 Å². The van der Waals surface area contributed by atoms with Crippen LogP contribution in [0.1, 0.15) is 25.7 Å². The van der Waals surface area contributed by atoms with Crippen LogP contribution in [0.4, 0.5) is 5.82 Å². The number of aromatic amines is 1. The molecule has 5 nitrogen and oxygen atoms in total. The van der Waals surface area contributed by atoms with E-state index in [2.05, 4.69) is 36.1 Å². The molecule has 1 aliphatic heterocycles. The van der Waals surface area contributed by atoms with Crippen LogP contribution in [0, 0.1) is 5.92 Å². The first-order valence-electron chi connectivity index (χ1n) is 6.95. The van der Waals surface area contributed by atoms with Crippen LogP contribution in [0.2, 0.25) is 0 Å². The smallest absolute Gasteiger partial charge is 0.267 e. The van der Waals surface area contributed by atoms with Crippen molar-refractivity contribution < 1.29 is 0 Å². The molecule has 2 aliphatic rings. The van der Waals surface area contributed by atoms with Crippen molar-refractivity contribution in [1.82, 2.24) is 15.3 Å². The van der Waals surface area contributed by atoms with Gasteiger partial charge in [-0.2, -0.15) is 0 Å². The maximum Gasteiger partial charge on any atom is 0.267 e. The van der Waals surface area contributed by atoms with Crippen LogP contribution in [0.3, 0.4) is 0 Å². The zero-order valence-electron chi connectivity index (χ0n) is 10.9. The number of hydrogen-bond donors (Lipinski definition) is 2. The summed E-state index contributed by atoms with van der Waals surface area (Å²) in [7, 11) is 0. The van der Waals surface area contributed by atoms with Crippen LogP contribution < -0.4 is 15.8 Å². The average molecular weight is 327 g/mol. The van der Waals surface area contributed by atoms with Crippen LogP contribution in [0.15, 0.2) is 15.6 Å². The predicted octanol–water partition coefficient (Wildman–Crippen LogP) is 1.50. The second kappa shape index (κ2) is 5.63. The lowest BCUT2D eigenvalue weighted by Crippen LogP contribution is -2.43. The Balaban J connectivity index is 1.56. The molecule has 0 bridgehead atoms. The lowest BCUT2D eigenvalue weighted by Gasteiger charge is -2.33. The van der Waals surface area contributed by atoms with E-state index in [9.17, 15) is 4.79 Å². The molecule has 1 aromatic rings. The summed E-state index contributed by atoms with van der Waals surface area (Å²) in [4.78, 5) is 20.6. The van der Waals surface area contributed by atoms with Crippen LogP contribution >= 0.6 is 15.9 Å². The highest BCUT2D eigenvalue weighted by atomic mass is 79.9. The molecule has 0 spiro atoms. The van der Waals surface area contributed by atoms with E-state index in [4.69, 9.17) is 0 Å². The summed E-state index contributed by atoms with van der Waals surface area (Å²) in [6.45, 7) is 3.09.